The van der Waals surface area contributed by atoms with Crippen LogP contribution >= 0.6 is 0 Å². The van der Waals surface area contributed by atoms with E-state index in [1.807, 2.05) is 0 Å². The monoisotopic (exact) mass is 390 g/mol. The van der Waals surface area contributed by atoms with Crippen molar-refractivity contribution in [3.05, 3.63) is 6.33 Å². The van der Waals surface area contributed by atoms with Crippen molar-refractivity contribution in [3.8, 4) is 0 Å². The molecule has 4 rings (SSSR count). The van der Waals surface area contributed by atoms with Crippen molar-refractivity contribution in [2.24, 2.45) is 5.92 Å². The van der Waals surface area contributed by atoms with Crippen LogP contribution in [0.4, 0.5) is 0 Å². The van der Waals surface area contributed by atoms with Crippen molar-refractivity contribution in [2.75, 3.05) is 32.8 Å². The quantitative estimate of drug-likeness (QED) is 0.673. The van der Waals surface area contributed by atoms with Crippen molar-refractivity contribution in [2.45, 2.75) is 76.5 Å². The minimum absolute atomic E-state index is 0.198. The molecule has 3 aliphatic rings. The Morgan fingerprint density at radius 1 is 1.07 bits per heavy atom. The molecule has 3 heterocycles. The highest BCUT2D eigenvalue weighted by Gasteiger charge is 2.30. The summed E-state index contributed by atoms with van der Waals surface area (Å²) in [5.74, 6) is 0.806. The summed E-state index contributed by atoms with van der Waals surface area (Å²) < 4.78 is 7.45. The number of aryl methyl sites for hydroxylation is 1. The first-order valence-corrected chi connectivity index (χ1v) is 11.1. The second kappa shape index (κ2) is 9.78. The lowest BCUT2D eigenvalue weighted by atomic mass is 9.94. The SMILES string of the molecule is O=C(CCn1cnnn1)N(CC1CCN(C2CCCC2)CC1)CC1CCCO1. The average Bonchev–Trinajstić information content (AvgIpc) is 3.50. The lowest BCUT2D eigenvalue weighted by Gasteiger charge is -2.38. The molecule has 1 aromatic rings. The summed E-state index contributed by atoms with van der Waals surface area (Å²) in [6.45, 7) is 5.36. The highest BCUT2D eigenvalue weighted by atomic mass is 16.5. The van der Waals surface area contributed by atoms with E-state index in [1.54, 1.807) is 11.0 Å². The lowest BCUT2D eigenvalue weighted by Crippen LogP contribution is -2.45. The van der Waals surface area contributed by atoms with Gasteiger partial charge >= 0.3 is 0 Å². The third kappa shape index (κ3) is 5.29. The maximum atomic E-state index is 13.0. The largest absolute Gasteiger partial charge is 0.376 e. The smallest absolute Gasteiger partial charge is 0.224 e. The van der Waals surface area contributed by atoms with E-state index in [9.17, 15) is 4.79 Å². The predicted molar refractivity (Wildman–Crippen MR) is 105 cm³/mol. The Morgan fingerprint density at radius 3 is 2.57 bits per heavy atom. The molecule has 1 aliphatic carbocycles. The van der Waals surface area contributed by atoms with E-state index in [1.165, 1.54) is 51.6 Å². The van der Waals surface area contributed by atoms with Gasteiger partial charge in [0.05, 0.1) is 12.6 Å². The van der Waals surface area contributed by atoms with E-state index in [4.69, 9.17) is 4.74 Å². The van der Waals surface area contributed by atoms with Crippen LogP contribution in [0.5, 0.6) is 0 Å². The van der Waals surface area contributed by atoms with Crippen molar-refractivity contribution in [1.82, 2.24) is 30.0 Å². The lowest BCUT2D eigenvalue weighted by molar-refractivity contribution is -0.134. The van der Waals surface area contributed by atoms with Gasteiger partial charge in [0.25, 0.3) is 0 Å². The second-order valence-electron chi connectivity index (χ2n) is 8.67. The fourth-order valence-corrected chi connectivity index (χ4v) is 5.05. The molecule has 1 amide bonds. The zero-order valence-corrected chi connectivity index (χ0v) is 16.9. The van der Waals surface area contributed by atoms with Crippen molar-refractivity contribution in [1.29, 1.82) is 0 Å². The maximum Gasteiger partial charge on any atom is 0.224 e. The van der Waals surface area contributed by atoms with Gasteiger partial charge in [-0.2, -0.15) is 0 Å². The van der Waals surface area contributed by atoms with E-state index in [-0.39, 0.29) is 12.0 Å². The Kier molecular flexibility index (Phi) is 6.90. The first kappa shape index (κ1) is 19.8. The van der Waals surface area contributed by atoms with Gasteiger partial charge in [-0.1, -0.05) is 12.8 Å². The number of amides is 1. The number of piperidine rings is 1. The topological polar surface area (TPSA) is 76.4 Å². The maximum absolute atomic E-state index is 13.0. The highest BCUT2D eigenvalue weighted by molar-refractivity contribution is 5.76. The Bertz CT molecular complexity index is 590. The zero-order chi connectivity index (χ0) is 19.2. The number of likely N-dealkylation sites (tertiary alicyclic amines) is 1. The molecule has 1 saturated carbocycles. The minimum atomic E-state index is 0.198. The van der Waals surface area contributed by atoms with Crippen LogP contribution in [0.2, 0.25) is 0 Å². The third-order valence-corrected chi connectivity index (χ3v) is 6.72. The number of nitrogens with zero attached hydrogens (tertiary/aromatic N) is 6. The van der Waals surface area contributed by atoms with Crippen LogP contribution in [0, 0.1) is 5.92 Å². The number of hydrogen-bond donors (Lipinski definition) is 0. The Balaban J connectivity index is 1.28. The zero-order valence-electron chi connectivity index (χ0n) is 16.9. The van der Waals surface area contributed by atoms with Crippen molar-refractivity contribution < 1.29 is 9.53 Å². The molecule has 0 radical (unpaired) electrons. The number of hydrogen-bond acceptors (Lipinski definition) is 6. The Morgan fingerprint density at radius 2 is 1.89 bits per heavy atom. The van der Waals surface area contributed by atoms with Crippen LogP contribution < -0.4 is 0 Å². The van der Waals surface area contributed by atoms with Crippen molar-refractivity contribution in [3.63, 3.8) is 0 Å². The number of aromatic nitrogens is 4. The number of rotatable bonds is 8. The van der Waals surface area contributed by atoms with Gasteiger partial charge in [-0.15, -0.1) is 5.10 Å². The van der Waals surface area contributed by atoms with Crippen LogP contribution in [-0.2, 0) is 16.1 Å². The molecule has 0 bridgehead atoms. The first-order chi connectivity index (χ1) is 13.8. The van der Waals surface area contributed by atoms with E-state index in [0.29, 0.717) is 18.9 Å². The first-order valence-electron chi connectivity index (χ1n) is 11.1. The summed E-state index contributed by atoms with van der Waals surface area (Å²) in [5, 5.41) is 11.2. The fraction of sp³-hybridized carbons (Fsp3) is 0.900. The number of carbonyl (C=O) groups is 1. The average molecular weight is 391 g/mol. The van der Waals surface area contributed by atoms with Gasteiger partial charge in [0.15, 0.2) is 0 Å². The third-order valence-electron chi connectivity index (χ3n) is 6.72. The summed E-state index contributed by atoms with van der Waals surface area (Å²) in [5.41, 5.74) is 0. The highest BCUT2D eigenvalue weighted by Crippen LogP contribution is 2.28. The van der Waals surface area contributed by atoms with Gasteiger partial charge < -0.3 is 14.5 Å². The van der Waals surface area contributed by atoms with Crippen LogP contribution in [-0.4, -0.2) is 80.8 Å². The molecule has 156 valence electrons. The fourth-order valence-electron chi connectivity index (χ4n) is 5.05. The molecule has 8 heteroatoms. The summed E-state index contributed by atoms with van der Waals surface area (Å²) >= 11 is 0. The molecule has 2 aliphatic heterocycles. The van der Waals surface area contributed by atoms with Gasteiger partial charge in [-0.3, -0.25) is 4.79 Å². The molecule has 1 atom stereocenters. The standard InChI is InChI=1S/C20H34N6O2/c27-20(9-12-26-16-21-22-23-26)25(15-19-6-3-13-28-19)14-17-7-10-24(11-8-17)18-4-1-2-5-18/h16-19H,1-15H2. The van der Waals surface area contributed by atoms with Gasteiger partial charge in [0.2, 0.25) is 5.91 Å². The summed E-state index contributed by atoms with van der Waals surface area (Å²) in [6.07, 6.45) is 12.4. The van der Waals surface area contributed by atoms with Crippen LogP contribution in [0.25, 0.3) is 0 Å². The normalized spacial score (nSPS) is 24.8. The van der Waals surface area contributed by atoms with Gasteiger partial charge in [-0.25, -0.2) is 4.68 Å². The van der Waals surface area contributed by atoms with E-state index in [2.05, 4.69) is 25.3 Å². The minimum Gasteiger partial charge on any atom is -0.376 e. The molecular weight excluding hydrogens is 356 g/mol. The molecule has 0 spiro atoms. The van der Waals surface area contributed by atoms with Crippen LogP contribution in [0.3, 0.4) is 0 Å². The van der Waals surface area contributed by atoms with E-state index >= 15 is 0 Å². The molecule has 0 N–H and O–H groups in total. The van der Waals surface area contributed by atoms with Crippen molar-refractivity contribution >= 4 is 5.91 Å². The molecule has 2 saturated heterocycles. The number of ether oxygens (including phenoxy) is 1. The summed E-state index contributed by atoms with van der Waals surface area (Å²) in [6, 6.07) is 0.821. The molecule has 28 heavy (non-hydrogen) atoms. The Hall–Kier alpha value is -1.54. The van der Waals surface area contributed by atoms with Gasteiger partial charge in [0.1, 0.15) is 6.33 Å². The predicted octanol–water partition coefficient (Wildman–Crippen LogP) is 1.73. The number of tetrazole rings is 1. The molecule has 3 fully saturated rings. The second-order valence-corrected chi connectivity index (χ2v) is 8.67. The molecular formula is C20H34N6O2. The molecule has 8 nitrogen and oxygen atoms in total. The molecule has 1 aromatic heterocycles. The van der Waals surface area contributed by atoms with Crippen LogP contribution in [0.15, 0.2) is 6.33 Å². The molecule has 0 aromatic carbocycles. The van der Waals surface area contributed by atoms with E-state index in [0.717, 1.165) is 38.6 Å². The summed E-state index contributed by atoms with van der Waals surface area (Å²) in [4.78, 5) is 17.7. The Labute approximate surface area is 167 Å². The van der Waals surface area contributed by atoms with Crippen LogP contribution in [0.1, 0.15) is 57.8 Å². The molecule has 1 unspecified atom stereocenters. The van der Waals surface area contributed by atoms with Gasteiger partial charge in [-0.05, 0) is 68.0 Å². The summed E-state index contributed by atoms with van der Waals surface area (Å²) in [7, 11) is 0. The van der Waals surface area contributed by atoms with Gasteiger partial charge in [0, 0.05) is 32.2 Å². The number of carbonyl (C=O) groups excluding carboxylic acids is 1. The van der Waals surface area contributed by atoms with E-state index < -0.39 is 0 Å².